The number of ether oxygens (including phenoxy) is 1. The van der Waals surface area contributed by atoms with Crippen molar-refractivity contribution in [2.75, 3.05) is 19.0 Å². The Morgan fingerprint density at radius 3 is 3.05 bits per heavy atom. The van der Waals surface area contributed by atoms with Crippen molar-refractivity contribution in [3.05, 3.63) is 29.7 Å². The predicted molar refractivity (Wildman–Crippen MR) is 73.0 cm³/mol. The van der Waals surface area contributed by atoms with E-state index in [2.05, 4.69) is 26.1 Å². The molecule has 1 aliphatic carbocycles. The minimum atomic E-state index is -0.467. The molecule has 1 aliphatic rings. The van der Waals surface area contributed by atoms with Crippen LogP contribution < -0.4 is 5.32 Å². The second-order valence-electron chi connectivity index (χ2n) is 4.57. The topological polar surface area (TPSA) is 64.1 Å². The van der Waals surface area contributed by atoms with Crippen LogP contribution in [-0.2, 0) is 4.74 Å². The van der Waals surface area contributed by atoms with E-state index in [1.165, 1.54) is 44.6 Å². The molecule has 0 amide bonds. The highest BCUT2D eigenvalue weighted by Crippen LogP contribution is 2.19. The molecule has 0 aromatic carbocycles. The van der Waals surface area contributed by atoms with Crippen LogP contribution in [0.15, 0.2) is 24.0 Å². The first kappa shape index (κ1) is 13.5. The molecule has 0 fully saturated rings. The van der Waals surface area contributed by atoms with Gasteiger partial charge in [0.15, 0.2) is 5.69 Å². The molecule has 0 unspecified atom stereocenters. The molecule has 0 spiro atoms. The zero-order chi connectivity index (χ0) is 13.5. The van der Waals surface area contributed by atoms with Crippen molar-refractivity contribution in [2.45, 2.75) is 32.1 Å². The monoisotopic (exact) mass is 261 g/mol. The van der Waals surface area contributed by atoms with E-state index in [1.54, 1.807) is 6.20 Å². The number of allylic oxidation sites excluding steroid dienone is 1. The van der Waals surface area contributed by atoms with Crippen LogP contribution in [0.5, 0.6) is 0 Å². The molecule has 0 bridgehead atoms. The number of nitrogens with one attached hydrogen (secondary N) is 1. The molecule has 1 aromatic heterocycles. The second kappa shape index (κ2) is 6.87. The lowest BCUT2D eigenvalue weighted by atomic mass is 9.97. The number of nitrogens with zero attached hydrogens (tertiary/aromatic N) is 2. The summed E-state index contributed by atoms with van der Waals surface area (Å²) in [4.78, 5) is 19.5. The number of carbonyl (C=O) groups excluding carboxylic acids is 1. The Balaban J connectivity index is 1.85. The summed E-state index contributed by atoms with van der Waals surface area (Å²) in [5.41, 5.74) is 1.74. The summed E-state index contributed by atoms with van der Waals surface area (Å²) in [7, 11) is 1.33. The number of methoxy groups -OCH3 is 1. The fourth-order valence-electron chi connectivity index (χ4n) is 2.14. The van der Waals surface area contributed by atoms with Gasteiger partial charge >= 0.3 is 5.97 Å². The minimum absolute atomic E-state index is 0.226. The highest BCUT2D eigenvalue weighted by atomic mass is 16.5. The van der Waals surface area contributed by atoms with Gasteiger partial charge in [-0.3, -0.25) is 4.98 Å². The van der Waals surface area contributed by atoms with Gasteiger partial charge in [0.25, 0.3) is 0 Å². The van der Waals surface area contributed by atoms with Gasteiger partial charge < -0.3 is 10.1 Å². The van der Waals surface area contributed by atoms with Crippen molar-refractivity contribution in [3.63, 3.8) is 0 Å². The molecule has 19 heavy (non-hydrogen) atoms. The van der Waals surface area contributed by atoms with Crippen LogP contribution in [0.1, 0.15) is 42.6 Å². The fraction of sp³-hybridized carbons (Fsp3) is 0.500. The minimum Gasteiger partial charge on any atom is -0.464 e. The van der Waals surface area contributed by atoms with Gasteiger partial charge in [0.05, 0.1) is 19.5 Å². The average molecular weight is 261 g/mol. The Morgan fingerprint density at radius 1 is 1.42 bits per heavy atom. The Hall–Kier alpha value is -1.91. The summed E-state index contributed by atoms with van der Waals surface area (Å²) in [6, 6.07) is 0. The molecular formula is C14H19N3O2. The van der Waals surface area contributed by atoms with Crippen LogP contribution >= 0.6 is 0 Å². The molecule has 1 heterocycles. The lowest BCUT2D eigenvalue weighted by Crippen LogP contribution is -2.10. The van der Waals surface area contributed by atoms with E-state index >= 15 is 0 Å². The molecule has 0 saturated heterocycles. The third-order valence-electron chi connectivity index (χ3n) is 3.17. The van der Waals surface area contributed by atoms with E-state index in [-0.39, 0.29) is 5.69 Å². The number of hydrogen-bond acceptors (Lipinski definition) is 5. The highest BCUT2D eigenvalue weighted by molar-refractivity contribution is 5.87. The Morgan fingerprint density at radius 2 is 2.32 bits per heavy atom. The van der Waals surface area contributed by atoms with Gasteiger partial charge in [0.2, 0.25) is 0 Å². The predicted octanol–water partition coefficient (Wildman–Crippen LogP) is 2.57. The lowest BCUT2D eigenvalue weighted by Gasteiger charge is -2.13. The van der Waals surface area contributed by atoms with Crippen LogP contribution in [0.4, 0.5) is 5.82 Å². The maximum absolute atomic E-state index is 11.3. The van der Waals surface area contributed by atoms with Crippen molar-refractivity contribution < 1.29 is 9.53 Å². The third-order valence-corrected chi connectivity index (χ3v) is 3.17. The van der Waals surface area contributed by atoms with E-state index in [4.69, 9.17) is 0 Å². The van der Waals surface area contributed by atoms with Gasteiger partial charge in [-0.1, -0.05) is 11.6 Å². The first-order chi connectivity index (χ1) is 9.29. The number of rotatable bonds is 5. The van der Waals surface area contributed by atoms with E-state index < -0.39 is 5.97 Å². The molecule has 0 radical (unpaired) electrons. The Bertz CT molecular complexity index is 472. The van der Waals surface area contributed by atoms with Gasteiger partial charge in [0.1, 0.15) is 5.82 Å². The number of aromatic nitrogens is 2. The van der Waals surface area contributed by atoms with Gasteiger partial charge in [-0.15, -0.1) is 0 Å². The van der Waals surface area contributed by atoms with Gasteiger partial charge in [-0.2, -0.15) is 0 Å². The van der Waals surface area contributed by atoms with Crippen LogP contribution in [0.3, 0.4) is 0 Å². The van der Waals surface area contributed by atoms with Gasteiger partial charge in [-0.05, 0) is 32.1 Å². The maximum atomic E-state index is 11.3. The average Bonchev–Trinajstić information content (AvgIpc) is 2.48. The van der Waals surface area contributed by atoms with Crippen molar-refractivity contribution in [2.24, 2.45) is 0 Å². The molecule has 102 valence electrons. The van der Waals surface area contributed by atoms with Crippen molar-refractivity contribution >= 4 is 11.8 Å². The van der Waals surface area contributed by atoms with Crippen LogP contribution in [-0.4, -0.2) is 29.6 Å². The second-order valence-corrected chi connectivity index (χ2v) is 4.57. The van der Waals surface area contributed by atoms with Crippen molar-refractivity contribution in [3.8, 4) is 0 Å². The summed E-state index contributed by atoms with van der Waals surface area (Å²) in [6.45, 7) is 0.811. The smallest absolute Gasteiger partial charge is 0.358 e. The molecule has 0 saturated carbocycles. The Kier molecular flexibility index (Phi) is 4.89. The third kappa shape index (κ3) is 4.05. The lowest BCUT2D eigenvalue weighted by molar-refractivity contribution is 0.0593. The van der Waals surface area contributed by atoms with E-state index in [1.807, 2.05) is 0 Å². The standard InChI is InChI=1S/C14H19N3O2/c1-19-14(18)12-9-15-10-13(17-12)16-8-7-11-5-3-2-4-6-11/h5,9-10H,2-4,6-8H2,1H3,(H,16,17). The van der Waals surface area contributed by atoms with Gasteiger partial charge in [-0.25, -0.2) is 9.78 Å². The summed E-state index contributed by atoms with van der Waals surface area (Å²) in [6.07, 6.45) is 11.4. The summed E-state index contributed by atoms with van der Waals surface area (Å²) >= 11 is 0. The summed E-state index contributed by atoms with van der Waals surface area (Å²) in [5.74, 6) is 0.144. The molecule has 0 atom stereocenters. The first-order valence-corrected chi connectivity index (χ1v) is 6.62. The molecule has 1 aromatic rings. The molecule has 0 aliphatic heterocycles. The number of esters is 1. The first-order valence-electron chi connectivity index (χ1n) is 6.62. The van der Waals surface area contributed by atoms with Crippen molar-refractivity contribution in [1.82, 2.24) is 9.97 Å². The number of hydrogen-bond donors (Lipinski definition) is 1. The fourth-order valence-corrected chi connectivity index (χ4v) is 2.14. The largest absolute Gasteiger partial charge is 0.464 e. The quantitative estimate of drug-likeness (QED) is 0.652. The van der Waals surface area contributed by atoms with E-state index in [0.717, 1.165) is 13.0 Å². The molecule has 5 heteroatoms. The van der Waals surface area contributed by atoms with Crippen LogP contribution in [0, 0.1) is 0 Å². The number of carbonyl (C=O) groups is 1. The molecule has 2 rings (SSSR count). The highest BCUT2D eigenvalue weighted by Gasteiger charge is 2.08. The van der Waals surface area contributed by atoms with Crippen LogP contribution in [0.25, 0.3) is 0 Å². The zero-order valence-corrected chi connectivity index (χ0v) is 11.2. The van der Waals surface area contributed by atoms with E-state index in [0.29, 0.717) is 5.82 Å². The molecule has 5 nitrogen and oxygen atoms in total. The van der Waals surface area contributed by atoms with Gasteiger partial charge in [0, 0.05) is 6.54 Å². The SMILES string of the molecule is COC(=O)c1cncc(NCCC2=CCCCC2)n1. The molecular weight excluding hydrogens is 242 g/mol. The number of anilines is 1. The normalized spacial score (nSPS) is 14.7. The Labute approximate surface area is 113 Å². The van der Waals surface area contributed by atoms with Crippen LogP contribution in [0.2, 0.25) is 0 Å². The summed E-state index contributed by atoms with van der Waals surface area (Å²) < 4.78 is 4.61. The molecule has 1 N–H and O–H groups in total. The zero-order valence-electron chi connectivity index (χ0n) is 11.2. The van der Waals surface area contributed by atoms with E-state index in [9.17, 15) is 4.79 Å². The maximum Gasteiger partial charge on any atom is 0.358 e. The summed E-state index contributed by atoms with van der Waals surface area (Å²) in [5, 5.41) is 3.19. The van der Waals surface area contributed by atoms with Crippen molar-refractivity contribution in [1.29, 1.82) is 0 Å².